The van der Waals surface area contributed by atoms with Crippen molar-refractivity contribution in [2.24, 2.45) is 0 Å². The first-order valence-corrected chi connectivity index (χ1v) is 9.98. The standard InChI is InChI=1S/C23H23N3O4/c27-21(11-14-26-18-8-1-2-9-19(18)30-16-22(26)28)24-13-5-15-29-20-10-3-6-17-7-4-12-25-23(17)20/h1-4,6-10,12H,5,11,13-16H2,(H,24,27). The summed E-state index contributed by atoms with van der Waals surface area (Å²) in [7, 11) is 0. The zero-order valence-corrected chi connectivity index (χ0v) is 16.5. The first-order valence-electron chi connectivity index (χ1n) is 9.98. The van der Waals surface area contributed by atoms with Gasteiger partial charge in [-0.25, -0.2) is 0 Å². The van der Waals surface area contributed by atoms with Gasteiger partial charge in [0, 0.05) is 31.1 Å². The molecule has 2 amide bonds. The topological polar surface area (TPSA) is 80.8 Å². The predicted octanol–water partition coefficient (Wildman–Crippen LogP) is 2.94. The molecule has 4 rings (SSSR count). The Morgan fingerprint density at radius 1 is 1.13 bits per heavy atom. The molecule has 0 saturated carbocycles. The third-order valence-corrected chi connectivity index (χ3v) is 4.87. The minimum atomic E-state index is -0.140. The summed E-state index contributed by atoms with van der Waals surface area (Å²) in [6.45, 7) is 1.30. The zero-order chi connectivity index (χ0) is 20.8. The molecule has 1 aliphatic heterocycles. The van der Waals surface area contributed by atoms with Crippen LogP contribution in [0.5, 0.6) is 11.5 Å². The van der Waals surface area contributed by atoms with Crippen molar-refractivity contribution in [1.29, 1.82) is 0 Å². The summed E-state index contributed by atoms with van der Waals surface area (Å²) in [6, 6.07) is 17.1. The number of benzene rings is 2. The number of carbonyl (C=O) groups is 2. The van der Waals surface area contributed by atoms with Crippen LogP contribution in [0, 0.1) is 0 Å². The van der Waals surface area contributed by atoms with Crippen molar-refractivity contribution in [2.75, 3.05) is 31.2 Å². The van der Waals surface area contributed by atoms with Crippen LogP contribution < -0.4 is 19.7 Å². The first kappa shape index (κ1) is 19.7. The molecule has 154 valence electrons. The van der Waals surface area contributed by atoms with Gasteiger partial charge in [0.15, 0.2) is 6.61 Å². The lowest BCUT2D eigenvalue weighted by Gasteiger charge is -2.29. The van der Waals surface area contributed by atoms with Crippen LogP contribution >= 0.6 is 0 Å². The maximum absolute atomic E-state index is 12.2. The number of amides is 2. The molecule has 0 atom stereocenters. The molecular weight excluding hydrogens is 382 g/mol. The second-order valence-electron chi connectivity index (χ2n) is 6.94. The molecule has 0 radical (unpaired) electrons. The highest BCUT2D eigenvalue weighted by molar-refractivity contribution is 5.98. The van der Waals surface area contributed by atoms with Crippen LogP contribution in [-0.4, -0.2) is 43.1 Å². The van der Waals surface area contributed by atoms with E-state index in [1.54, 1.807) is 11.1 Å². The van der Waals surface area contributed by atoms with Gasteiger partial charge in [-0.1, -0.05) is 30.3 Å². The van der Waals surface area contributed by atoms with Crippen LogP contribution in [-0.2, 0) is 9.59 Å². The van der Waals surface area contributed by atoms with Crippen LogP contribution in [0.2, 0.25) is 0 Å². The number of fused-ring (bicyclic) bond motifs is 2. The molecule has 2 heterocycles. The van der Waals surface area contributed by atoms with Crippen molar-refractivity contribution in [1.82, 2.24) is 10.3 Å². The summed E-state index contributed by atoms with van der Waals surface area (Å²) in [5.41, 5.74) is 1.54. The Kier molecular flexibility index (Phi) is 6.08. The van der Waals surface area contributed by atoms with Crippen molar-refractivity contribution < 1.29 is 19.1 Å². The van der Waals surface area contributed by atoms with E-state index in [0.717, 1.165) is 16.7 Å². The number of rotatable bonds is 8. The van der Waals surface area contributed by atoms with E-state index in [2.05, 4.69) is 10.3 Å². The van der Waals surface area contributed by atoms with Crippen LogP contribution in [0.15, 0.2) is 60.8 Å². The van der Waals surface area contributed by atoms with Crippen molar-refractivity contribution in [3.63, 3.8) is 0 Å². The number of nitrogens with one attached hydrogen (secondary N) is 1. The highest BCUT2D eigenvalue weighted by Gasteiger charge is 2.25. The van der Waals surface area contributed by atoms with Crippen LogP contribution in [0.4, 0.5) is 5.69 Å². The summed E-state index contributed by atoms with van der Waals surface area (Å²) < 4.78 is 11.2. The Morgan fingerprint density at radius 3 is 2.93 bits per heavy atom. The third-order valence-electron chi connectivity index (χ3n) is 4.87. The maximum Gasteiger partial charge on any atom is 0.265 e. The van der Waals surface area contributed by atoms with Gasteiger partial charge in [0.05, 0.1) is 12.3 Å². The molecule has 0 spiro atoms. The lowest BCUT2D eigenvalue weighted by Crippen LogP contribution is -2.41. The number of carbonyl (C=O) groups excluding carboxylic acids is 2. The van der Waals surface area contributed by atoms with E-state index in [1.165, 1.54) is 0 Å². The van der Waals surface area contributed by atoms with Crippen molar-refractivity contribution in [3.8, 4) is 11.5 Å². The Labute approximate surface area is 174 Å². The van der Waals surface area contributed by atoms with Gasteiger partial charge in [-0.3, -0.25) is 14.6 Å². The molecule has 1 aliphatic rings. The van der Waals surface area contributed by atoms with E-state index < -0.39 is 0 Å². The molecular formula is C23H23N3O4. The maximum atomic E-state index is 12.2. The van der Waals surface area contributed by atoms with Gasteiger partial charge < -0.3 is 19.7 Å². The zero-order valence-electron chi connectivity index (χ0n) is 16.5. The van der Waals surface area contributed by atoms with E-state index >= 15 is 0 Å². The normalized spacial score (nSPS) is 12.9. The third kappa shape index (κ3) is 4.51. The van der Waals surface area contributed by atoms with Crippen molar-refractivity contribution >= 4 is 28.4 Å². The van der Waals surface area contributed by atoms with Crippen molar-refractivity contribution in [3.05, 3.63) is 60.8 Å². The highest BCUT2D eigenvalue weighted by Crippen LogP contribution is 2.31. The second kappa shape index (κ2) is 9.26. The van der Waals surface area contributed by atoms with Gasteiger partial charge >= 0.3 is 0 Å². The minimum Gasteiger partial charge on any atom is -0.491 e. The van der Waals surface area contributed by atoms with Gasteiger partial charge in [0.25, 0.3) is 5.91 Å². The van der Waals surface area contributed by atoms with Crippen LogP contribution in [0.25, 0.3) is 10.9 Å². The van der Waals surface area contributed by atoms with E-state index in [4.69, 9.17) is 9.47 Å². The molecule has 0 fully saturated rings. The van der Waals surface area contributed by atoms with Gasteiger partial charge in [0.1, 0.15) is 17.0 Å². The van der Waals surface area contributed by atoms with Crippen LogP contribution in [0.3, 0.4) is 0 Å². The summed E-state index contributed by atoms with van der Waals surface area (Å²) in [5.74, 6) is 1.17. The van der Waals surface area contributed by atoms with E-state index in [-0.39, 0.29) is 24.8 Å². The number of aromatic nitrogens is 1. The predicted molar refractivity (Wildman–Crippen MR) is 114 cm³/mol. The average Bonchev–Trinajstić information content (AvgIpc) is 2.78. The molecule has 0 saturated heterocycles. The summed E-state index contributed by atoms with van der Waals surface area (Å²) in [5, 5.41) is 3.91. The molecule has 2 aromatic carbocycles. The lowest BCUT2D eigenvalue weighted by atomic mass is 10.2. The second-order valence-corrected chi connectivity index (χ2v) is 6.94. The molecule has 0 bridgehead atoms. The molecule has 3 aromatic rings. The smallest absolute Gasteiger partial charge is 0.265 e. The molecule has 1 N–H and O–H groups in total. The number of pyridine rings is 1. The number of hydrogen-bond donors (Lipinski definition) is 1. The molecule has 1 aromatic heterocycles. The number of nitrogens with zero attached hydrogens (tertiary/aromatic N) is 2. The number of para-hydroxylation sites is 3. The molecule has 30 heavy (non-hydrogen) atoms. The summed E-state index contributed by atoms with van der Waals surface area (Å²) >= 11 is 0. The molecule has 0 aliphatic carbocycles. The van der Waals surface area contributed by atoms with Gasteiger partial charge in [-0.2, -0.15) is 0 Å². The van der Waals surface area contributed by atoms with Gasteiger partial charge in [-0.15, -0.1) is 0 Å². The molecule has 7 heteroatoms. The van der Waals surface area contributed by atoms with Crippen LogP contribution in [0.1, 0.15) is 12.8 Å². The quantitative estimate of drug-likeness (QED) is 0.583. The number of hydrogen-bond acceptors (Lipinski definition) is 5. The molecule has 0 unspecified atom stereocenters. The first-order chi connectivity index (χ1) is 14.7. The van der Waals surface area contributed by atoms with Crippen molar-refractivity contribution in [2.45, 2.75) is 12.8 Å². The highest BCUT2D eigenvalue weighted by atomic mass is 16.5. The van der Waals surface area contributed by atoms with Gasteiger partial charge in [0.2, 0.25) is 5.91 Å². The Morgan fingerprint density at radius 2 is 2.00 bits per heavy atom. The Hall–Kier alpha value is -3.61. The largest absolute Gasteiger partial charge is 0.491 e. The number of ether oxygens (including phenoxy) is 2. The Balaban J connectivity index is 1.20. The van der Waals surface area contributed by atoms with E-state index in [0.29, 0.717) is 37.6 Å². The van der Waals surface area contributed by atoms with E-state index in [1.807, 2.05) is 54.6 Å². The minimum absolute atomic E-state index is 0.000995. The Bertz CT molecular complexity index is 1050. The molecule has 7 nitrogen and oxygen atoms in total. The SMILES string of the molecule is O=C(CCN1C(=O)COc2ccccc21)NCCCOc1cccc2cccnc12. The average molecular weight is 405 g/mol. The fourth-order valence-corrected chi connectivity index (χ4v) is 3.38. The lowest BCUT2D eigenvalue weighted by molar-refractivity contribution is -0.122. The fraction of sp³-hybridized carbons (Fsp3) is 0.261. The van der Waals surface area contributed by atoms with E-state index in [9.17, 15) is 9.59 Å². The monoisotopic (exact) mass is 405 g/mol. The summed E-state index contributed by atoms with van der Waals surface area (Å²) in [4.78, 5) is 30.3. The number of anilines is 1. The summed E-state index contributed by atoms with van der Waals surface area (Å²) in [6.07, 6.45) is 2.65. The van der Waals surface area contributed by atoms with Gasteiger partial charge in [-0.05, 0) is 30.7 Å². The fourth-order valence-electron chi connectivity index (χ4n) is 3.38.